The molecule has 0 aromatic rings. The summed E-state index contributed by atoms with van der Waals surface area (Å²) in [6.45, 7) is 5.45. The van der Waals surface area contributed by atoms with Gasteiger partial charge in [-0.2, -0.15) is 0 Å². The van der Waals surface area contributed by atoms with Crippen LogP contribution in [0.15, 0.2) is 0 Å². The number of nitrogens with zero attached hydrogens (tertiary/aromatic N) is 1. The monoisotopic (exact) mass is 238 g/mol. The highest BCUT2D eigenvalue weighted by Gasteiger charge is 2.36. The van der Waals surface area contributed by atoms with Crippen molar-refractivity contribution in [2.75, 3.05) is 13.1 Å². The second-order valence-corrected chi connectivity index (χ2v) is 6.04. The van der Waals surface area contributed by atoms with Crippen LogP contribution in [0.3, 0.4) is 0 Å². The van der Waals surface area contributed by atoms with Crippen LogP contribution in [-0.4, -0.2) is 35.8 Å². The van der Waals surface area contributed by atoms with Gasteiger partial charge in [0.2, 0.25) is 11.8 Å². The first-order valence-electron chi connectivity index (χ1n) is 6.54. The molecule has 4 heteroatoms. The third-order valence-corrected chi connectivity index (χ3v) is 3.43. The van der Waals surface area contributed by atoms with Gasteiger partial charge in [0, 0.05) is 25.4 Å². The molecule has 1 aliphatic carbocycles. The Balaban J connectivity index is 1.75. The van der Waals surface area contributed by atoms with Gasteiger partial charge in [0.15, 0.2) is 0 Å². The Labute approximate surface area is 103 Å². The van der Waals surface area contributed by atoms with E-state index in [2.05, 4.69) is 5.32 Å². The van der Waals surface area contributed by atoms with E-state index in [1.54, 1.807) is 0 Å². The van der Waals surface area contributed by atoms with Crippen molar-refractivity contribution in [2.24, 2.45) is 5.41 Å². The zero-order valence-corrected chi connectivity index (χ0v) is 10.8. The lowest BCUT2D eigenvalue weighted by Gasteiger charge is -2.34. The van der Waals surface area contributed by atoms with Crippen LogP contribution in [0.5, 0.6) is 0 Å². The van der Waals surface area contributed by atoms with Crippen molar-refractivity contribution in [2.45, 2.75) is 52.0 Å². The van der Waals surface area contributed by atoms with E-state index in [4.69, 9.17) is 0 Å². The molecule has 2 amide bonds. The number of imide groups is 1. The molecule has 0 aromatic carbocycles. The smallest absolute Gasteiger partial charge is 0.229 e. The molecule has 0 radical (unpaired) electrons. The van der Waals surface area contributed by atoms with Gasteiger partial charge in [-0.15, -0.1) is 0 Å². The second-order valence-electron chi connectivity index (χ2n) is 6.04. The molecule has 96 valence electrons. The van der Waals surface area contributed by atoms with Crippen LogP contribution in [0.4, 0.5) is 0 Å². The van der Waals surface area contributed by atoms with Crippen LogP contribution in [-0.2, 0) is 9.59 Å². The topological polar surface area (TPSA) is 49.4 Å². The number of rotatable bonds is 5. The lowest BCUT2D eigenvalue weighted by molar-refractivity contribution is -0.152. The summed E-state index contributed by atoms with van der Waals surface area (Å²) in [7, 11) is 0. The Hall–Kier alpha value is -0.900. The number of amides is 2. The van der Waals surface area contributed by atoms with Gasteiger partial charge in [-0.05, 0) is 31.2 Å². The van der Waals surface area contributed by atoms with Gasteiger partial charge in [-0.25, -0.2) is 0 Å². The van der Waals surface area contributed by atoms with Crippen molar-refractivity contribution in [3.05, 3.63) is 0 Å². The Morgan fingerprint density at radius 1 is 1.24 bits per heavy atom. The highest BCUT2D eigenvalue weighted by Crippen LogP contribution is 2.31. The van der Waals surface area contributed by atoms with E-state index < -0.39 is 0 Å². The second kappa shape index (κ2) is 4.77. The molecule has 1 aliphatic heterocycles. The summed E-state index contributed by atoms with van der Waals surface area (Å²) in [5, 5.41) is 3.39. The van der Waals surface area contributed by atoms with E-state index in [9.17, 15) is 9.59 Å². The van der Waals surface area contributed by atoms with Gasteiger partial charge in [0.05, 0.1) is 0 Å². The zero-order valence-electron chi connectivity index (χ0n) is 10.8. The van der Waals surface area contributed by atoms with Crippen molar-refractivity contribution in [1.29, 1.82) is 0 Å². The molecular weight excluding hydrogens is 216 g/mol. The molecule has 1 heterocycles. The third-order valence-electron chi connectivity index (χ3n) is 3.43. The van der Waals surface area contributed by atoms with Crippen LogP contribution in [0.25, 0.3) is 0 Å². The van der Waals surface area contributed by atoms with Gasteiger partial charge < -0.3 is 5.32 Å². The predicted molar refractivity (Wildman–Crippen MR) is 65.4 cm³/mol. The summed E-state index contributed by atoms with van der Waals surface area (Å²) in [4.78, 5) is 25.1. The van der Waals surface area contributed by atoms with Gasteiger partial charge in [-0.1, -0.05) is 13.8 Å². The number of hydrogen-bond acceptors (Lipinski definition) is 3. The van der Waals surface area contributed by atoms with Gasteiger partial charge in [0.1, 0.15) is 0 Å². The van der Waals surface area contributed by atoms with Crippen molar-refractivity contribution >= 4 is 11.8 Å². The molecule has 0 atom stereocenters. The molecule has 2 aliphatic rings. The molecule has 0 aromatic heterocycles. The van der Waals surface area contributed by atoms with E-state index in [0.29, 0.717) is 25.4 Å². The highest BCUT2D eigenvalue weighted by atomic mass is 16.2. The van der Waals surface area contributed by atoms with Crippen molar-refractivity contribution < 1.29 is 9.59 Å². The summed E-state index contributed by atoms with van der Waals surface area (Å²) in [5.41, 5.74) is -0.156. The summed E-state index contributed by atoms with van der Waals surface area (Å²) in [5.74, 6) is -0.00431. The molecule has 2 rings (SSSR count). The Bertz CT molecular complexity index is 301. The average molecular weight is 238 g/mol. The fraction of sp³-hybridized carbons (Fsp3) is 0.846. The minimum absolute atomic E-state index is 0.00216. The van der Waals surface area contributed by atoms with E-state index in [0.717, 1.165) is 13.0 Å². The van der Waals surface area contributed by atoms with Crippen LogP contribution in [0.2, 0.25) is 0 Å². The van der Waals surface area contributed by atoms with Crippen LogP contribution < -0.4 is 5.32 Å². The summed E-state index contributed by atoms with van der Waals surface area (Å²) in [6, 6.07) is 0.696. The van der Waals surface area contributed by atoms with Gasteiger partial charge >= 0.3 is 0 Å². The first-order chi connectivity index (χ1) is 7.98. The lowest BCUT2D eigenvalue weighted by Crippen LogP contribution is -2.46. The highest BCUT2D eigenvalue weighted by molar-refractivity contribution is 5.98. The van der Waals surface area contributed by atoms with Gasteiger partial charge in [0.25, 0.3) is 0 Å². The SMILES string of the molecule is CC1(C)CC(=O)N(CCCNC2CC2)C(=O)C1. The Kier molecular flexibility index (Phi) is 3.52. The third kappa shape index (κ3) is 3.53. The molecular formula is C13H22N2O2. The van der Waals surface area contributed by atoms with Crippen LogP contribution in [0.1, 0.15) is 46.0 Å². The molecule has 2 fully saturated rings. The normalized spacial score (nSPS) is 24.2. The van der Waals surface area contributed by atoms with E-state index in [1.807, 2.05) is 13.8 Å². The predicted octanol–water partition coefficient (Wildman–Crippen LogP) is 1.30. The molecule has 0 unspecified atom stereocenters. The molecule has 4 nitrogen and oxygen atoms in total. The minimum atomic E-state index is -0.156. The molecule has 1 N–H and O–H groups in total. The lowest BCUT2D eigenvalue weighted by atomic mass is 9.82. The van der Waals surface area contributed by atoms with E-state index in [-0.39, 0.29) is 17.2 Å². The van der Waals surface area contributed by atoms with E-state index >= 15 is 0 Å². The fourth-order valence-corrected chi connectivity index (χ4v) is 2.29. The minimum Gasteiger partial charge on any atom is -0.314 e. The zero-order chi connectivity index (χ0) is 12.5. The largest absolute Gasteiger partial charge is 0.314 e. The number of piperidine rings is 1. The maximum Gasteiger partial charge on any atom is 0.229 e. The number of likely N-dealkylation sites (tertiary alicyclic amines) is 1. The molecule has 17 heavy (non-hydrogen) atoms. The summed E-state index contributed by atoms with van der Waals surface area (Å²) < 4.78 is 0. The first kappa shape index (κ1) is 12.6. The molecule has 1 saturated carbocycles. The number of carbonyl (C=O) groups excluding carboxylic acids is 2. The number of nitrogens with one attached hydrogen (secondary N) is 1. The molecule has 0 bridgehead atoms. The maximum atomic E-state index is 11.8. The first-order valence-corrected chi connectivity index (χ1v) is 6.54. The van der Waals surface area contributed by atoms with Crippen LogP contribution >= 0.6 is 0 Å². The average Bonchev–Trinajstić information content (AvgIpc) is 2.97. The van der Waals surface area contributed by atoms with Gasteiger partial charge in [-0.3, -0.25) is 14.5 Å². The Morgan fingerprint density at radius 2 is 1.82 bits per heavy atom. The Morgan fingerprint density at radius 3 is 2.35 bits per heavy atom. The summed E-state index contributed by atoms with van der Waals surface area (Å²) in [6.07, 6.45) is 4.41. The van der Waals surface area contributed by atoms with Crippen molar-refractivity contribution in [3.63, 3.8) is 0 Å². The van der Waals surface area contributed by atoms with Crippen LogP contribution in [0, 0.1) is 5.41 Å². The number of hydrogen-bond donors (Lipinski definition) is 1. The quantitative estimate of drug-likeness (QED) is 0.580. The standard InChI is InChI=1S/C13H22N2O2/c1-13(2)8-11(16)15(12(17)9-13)7-3-6-14-10-4-5-10/h10,14H,3-9H2,1-2H3. The maximum absolute atomic E-state index is 11.8. The van der Waals surface area contributed by atoms with E-state index in [1.165, 1.54) is 17.7 Å². The number of carbonyl (C=O) groups is 2. The summed E-state index contributed by atoms with van der Waals surface area (Å²) >= 11 is 0. The van der Waals surface area contributed by atoms with Crippen molar-refractivity contribution in [1.82, 2.24) is 10.2 Å². The fourth-order valence-electron chi connectivity index (χ4n) is 2.29. The molecule has 0 spiro atoms. The molecule has 1 saturated heterocycles. The van der Waals surface area contributed by atoms with Crippen molar-refractivity contribution in [3.8, 4) is 0 Å².